The topological polar surface area (TPSA) is 62.8 Å². The van der Waals surface area contributed by atoms with Crippen LogP contribution in [0.5, 0.6) is 0 Å². The summed E-state index contributed by atoms with van der Waals surface area (Å²) in [5, 5.41) is 3.13. The number of guanidine groups is 1. The average Bonchev–Trinajstić information content (AvgIpc) is 2.38. The first kappa shape index (κ1) is 13.2. The van der Waals surface area contributed by atoms with E-state index in [1.165, 1.54) is 30.4 Å². The Bertz CT molecular complexity index is 553. The molecule has 0 unspecified atom stereocenters. The van der Waals surface area contributed by atoms with E-state index >= 15 is 0 Å². The average molecular weight is 270 g/mol. The van der Waals surface area contributed by atoms with Crippen molar-refractivity contribution in [1.82, 2.24) is 5.32 Å². The van der Waals surface area contributed by atoms with Crippen LogP contribution < -0.4 is 11.1 Å². The third-order valence-electron chi connectivity index (χ3n) is 4.05. The van der Waals surface area contributed by atoms with Gasteiger partial charge in [0.25, 0.3) is 0 Å². The first-order chi connectivity index (χ1) is 9.65. The van der Waals surface area contributed by atoms with Crippen LogP contribution in [0.2, 0.25) is 0 Å². The zero-order valence-corrected chi connectivity index (χ0v) is 12.0. The summed E-state index contributed by atoms with van der Waals surface area (Å²) in [6, 6.07) is 8.52. The third-order valence-corrected chi connectivity index (χ3v) is 4.05. The van der Waals surface area contributed by atoms with Crippen LogP contribution in [0, 0.1) is 6.92 Å². The van der Waals surface area contributed by atoms with Crippen LogP contribution in [0.25, 0.3) is 0 Å². The molecular formula is C16H22N4. The smallest absolute Gasteiger partial charge is 0.196 e. The predicted octanol–water partition coefficient (Wildman–Crippen LogP) is 2.51. The van der Waals surface area contributed by atoms with Gasteiger partial charge >= 0.3 is 0 Å². The Morgan fingerprint density at radius 1 is 1.20 bits per heavy atom. The molecule has 1 saturated carbocycles. The number of nitrogens with zero attached hydrogens (tertiary/aromatic N) is 2. The first-order valence-corrected chi connectivity index (χ1v) is 7.42. The quantitative estimate of drug-likeness (QED) is 0.867. The summed E-state index contributed by atoms with van der Waals surface area (Å²) in [5.41, 5.74) is 8.22. The molecule has 0 radical (unpaired) electrons. The maximum atomic E-state index is 5.97. The SMILES string of the molecule is Cc1cccc(CC2=NC3(CCCCC3)N=C(N)N2)c1. The molecule has 3 rings (SSSR count). The lowest BCUT2D eigenvalue weighted by Crippen LogP contribution is -2.47. The number of hydrogen-bond donors (Lipinski definition) is 2. The molecule has 0 atom stereocenters. The number of benzene rings is 1. The molecule has 20 heavy (non-hydrogen) atoms. The number of aryl methyl sites for hydroxylation is 1. The molecule has 1 aromatic carbocycles. The summed E-state index contributed by atoms with van der Waals surface area (Å²) in [4.78, 5) is 9.46. The van der Waals surface area contributed by atoms with Crippen LogP contribution in [0.4, 0.5) is 0 Å². The summed E-state index contributed by atoms with van der Waals surface area (Å²) in [5.74, 6) is 1.47. The molecule has 1 aliphatic heterocycles. The highest BCUT2D eigenvalue weighted by molar-refractivity contribution is 6.01. The van der Waals surface area contributed by atoms with Crippen LogP contribution >= 0.6 is 0 Å². The molecule has 1 aromatic rings. The lowest BCUT2D eigenvalue weighted by atomic mass is 9.89. The maximum Gasteiger partial charge on any atom is 0.196 e. The minimum absolute atomic E-state index is 0.285. The van der Waals surface area contributed by atoms with Crippen molar-refractivity contribution in [2.45, 2.75) is 51.1 Å². The Kier molecular flexibility index (Phi) is 3.47. The molecule has 4 heteroatoms. The van der Waals surface area contributed by atoms with Crippen LogP contribution in [-0.2, 0) is 6.42 Å². The Balaban J connectivity index is 1.82. The monoisotopic (exact) mass is 270 g/mol. The second-order valence-corrected chi connectivity index (χ2v) is 5.89. The van der Waals surface area contributed by atoms with Crippen molar-refractivity contribution < 1.29 is 0 Å². The molecule has 0 bridgehead atoms. The lowest BCUT2D eigenvalue weighted by molar-refractivity contribution is 0.306. The van der Waals surface area contributed by atoms with E-state index in [4.69, 9.17) is 10.7 Å². The number of nitrogens with two attached hydrogens (primary N) is 1. The molecule has 4 nitrogen and oxygen atoms in total. The lowest BCUT2D eigenvalue weighted by Gasteiger charge is -2.34. The van der Waals surface area contributed by atoms with Gasteiger partial charge in [0, 0.05) is 6.42 Å². The van der Waals surface area contributed by atoms with E-state index in [2.05, 4.69) is 41.5 Å². The minimum atomic E-state index is -0.285. The normalized spacial score (nSPS) is 21.1. The summed E-state index contributed by atoms with van der Waals surface area (Å²) < 4.78 is 0. The van der Waals surface area contributed by atoms with Crippen molar-refractivity contribution >= 4 is 11.8 Å². The zero-order chi connectivity index (χ0) is 14.0. The molecule has 3 N–H and O–H groups in total. The van der Waals surface area contributed by atoms with Crippen molar-refractivity contribution in [3.63, 3.8) is 0 Å². The highest BCUT2D eigenvalue weighted by Gasteiger charge is 2.34. The highest BCUT2D eigenvalue weighted by Crippen LogP contribution is 2.34. The minimum Gasteiger partial charge on any atom is -0.370 e. The standard InChI is InChI=1S/C16H22N4/c1-12-6-5-7-13(10-12)11-14-18-15(17)20-16(19-14)8-3-2-4-9-16/h5-7,10H,2-4,8-9,11H2,1H3,(H3,17,18,19,20). The van der Waals surface area contributed by atoms with Gasteiger partial charge in [0.1, 0.15) is 5.84 Å². The van der Waals surface area contributed by atoms with E-state index in [0.717, 1.165) is 25.1 Å². The third kappa shape index (κ3) is 2.84. The van der Waals surface area contributed by atoms with E-state index in [9.17, 15) is 0 Å². The van der Waals surface area contributed by atoms with Gasteiger partial charge in [-0.3, -0.25) is 0 Å². The molecule has 1 aliphatic carbocycles. The van der Waals surface area contributed by atoms with Crippen LogP contribution in [-0.4, -0.2) is 17.5 Å². The number of nitrogens with one attached hydrogen (secondary N) is 1. The van der Waals surface area contributed by atoms with E-state index in [-0.39, 0.29) is 5.66 Å². The second-order valence-electron chi connectivity index (χ2n) is 5.89. The van der Waals surface area contributed by atoms with Gasteiger partial charge < -0.3 is 11.1 Å². The second kappa shape index (κ2) is 5.27. The van der Waals surface area contributed by atoms with E-state index in [0.29, 0.717) is 5.96 Å². The van der Waals surface area contributed by atoms with Gasteiger partial charge in [0.2, 0.25) is 0 Å². The number of aliphatic imine (C=N–C) groups is 2. The molecule has 1 spiro atoms. The number of hydrogen-bond acceptors (Lipinski definition) is 4. The van der Waals surface area contributed by atoms with Gasteiger partial charge in [-0.1, -0.05) is 36.2 Å². The van der Waals surface area contributed by atoms with Crippen molar-refractivity contribution in [2.75, 3.05) is 0 Å². The van der Waals surface area contributed by atoms with Crippen molar-refractivity contribution in [3.8, 4) is 0 Å². The fraction of sp³-hybridized carbons (Fsp3) is 0.500. The fourth-order valence-electron chi connectivity index (χ4n) is 3.14. The number of amidine groups is 1. The summed E-state index contributed by atoms with van der Waals surface area (Å²) in [7, 11) is 0. The van der Waals surface area contributed by atoms with Crippen LogP contribution in [0.1, 0.15) is 43.2 Å². The zero-order valence-electron chi connectivity index (χ0n) is 12.0. The van der Waals surface area contributed by atoms with Gasteiger partial charge in [0.05, 0.1) is 0 Å². The molecule has 2 aliphatic rings. The molecule has 0 aromatic heterocycles. The summed E-state index contributed by atoms with van der Waals surface area (Å²) >= 11 is 0. The van der Waals surface area contributed by atoms with Gasteiger partial charge in [-0.05, 0) is 38.2 Å². The van der Waals surface area contributed by atoms with Crippen molar-refractivity contribution in [2.24, 2.45) is 15.7 Å². The Morgan fingerprint density at radius 3 is 2.75 bits per heavy atom. The van der Waals surface area contributed by atoms with Gasteiger partial charge in [-0.2, -0.15) is 0 Å². The van der Waals surface area contributed by atoms with Crippen molar-refractivity contribution in [1.29, 1.82) is 0 Å². The van der Waals surface area contributed by atoms with E-state index in [1.54, 1.807) is 0 Å². The Labute approximate surface area is 120 Å². The van der Waals surface area contributed by atoms with E-state index in [1.807, 2.05) is 0 Å². The highest BCUT2D eigenvalue weighted by atomic mass is 15.3. The van der Waals surface area contributed by atoms with E-state index < -0.39 is 0 Å². The largest absolute Gasteiger partial charge is 0.370 e. The predicted molar refractivity (Wildman–Crippen MR) is 82.9 cm³/mol. The first-order valence-electron chi connectivity index (χ1n) is 7.42. The molecule has 0 amide bonds. The fourth-order valence-corrected chi connectivity index (χ4v) is 3.14. The van der Waals surface area contributed by atoms with Gasteiger partial charge in [-0.25, -0.2) is 9.98 Å². The van der Waals surface area contributed by atoms with Gasteiger partial charge in [-0.15, -0.1) is 0 Å². The van der Waals surface area contributed by atoms with Crippen LogP contribution in [0.3, 0.4) is 0 Å². The van der Waals surface area contributed by atoms with Crippen LogP contribution in [0.15, 0.2) is 34.3 Å². The number of rotatable bonds is 2. The Hall–Kier alpha value is -1.84. The molecule has 106 valence electrons. The van der Waals surface area contributed by atoms with Gasteiger partial charge in [0.15, 0.2) is 11.6 Å². The summed E-state index contributed by atoms with van der Waals surface area (Å²) in [6.07, 6.45) is 6.50. The Morgan fingerprint density at radius 2 is 2.00 bits per heavy atom. The molecule has 1 heterocycles. The summed E-state index contributed by atoms with van der Waals surface area (Å²) in [6.45, 7) is 2.11. The molecule has 0 saturated heterocycles. The molecule has 1 fully saturated rings. The van der Waals surface area contributed by atoms with Crippen molar-refractivity contribution in [3.05, 3.63) is 35.4 Å². The maximum absolute atomic E-state index is 5.97. The molecular weight excluding hydrogens is 248 g/mol.